The summed E-state index contributed by atoms with van der Waals surface area (Å²) in [5.41, 5.74) is 0.234. The van der Waals surface area contributed by atoms with Crippen LogP contribution in [0.3, 0.4) is 0 Å². The standard InChI is InChI=1S/C16H24F2N2/c1-3-9-19-11-12-6-5-10-20(2)16(12)15-13(17)7-4-8-14(15)18/h4,7-8,12,16,19H,3,5-6,9-11H2,1-2H3. The lowest BCUT2D eigenvalue weighted by molar-refractivity contribution is 0.113. The normalized spacial score (nSPS) is 24.0. The van der Waals surface area contributed by atoms with E-state index < -0.39 is 11.6 Å². The van der Waals surface area contributed by atoms with Gasteiger partial charge in [-0.25, -0.2) is 8.78 Å². The van der Waals surface area contributed by atoms with Crippen molar-refractivity contribution in [3.8, 4) is 0 Å². The van der Waals surface area contributed by atoms with E-state index in [0.717, 1.165) is 38.9 Å². The summed E-state index contributed by atoms with van der Waals surface area (Å²) in [6.07, 6.45) is 3.17. The predicted molar refractivity (Wildman–Crippen MR) is 77.6 cm³/mol. The fraction of sp³-hybridized carbons (Fsp3) is 0.625. The van der Waals surface area contributed by atoms with Crippen LogP contribution < -0.4 is 5.32 Å². The molecule has 1 saturated heterocycles. The summed E-state index contributed by atoms with van der Waals surface area (Å²) in [6.45, 7) is 4.78. The van der Waals surface area contributed by atoms with Crippen LogP contribution in [0.2, 0.25) is 0 Å². The molecule has 0 saturated carbocycles. The van der Waals surface area contributed by atoms with E-state index in [1.54, 1.807) is 0 Å². The minimum atomic E-state index is -0.427. The van der Waals surface area contributed by atoms with Gasteiger partial charge < -0.3 is 5.32 Å². The summed E-state index contributed by atoms with van der Waals surface area (Å²) in [5.74, 6) is -0.597. The number of nitrogens with zero attached hydrogens (tertiary/aromatic N) is 1. The maximum atomic E-state index is 14.1. The molecule has 112 valence electrons. The van der Waals surface area contributed by atoms with E-state index in [1.807, 2.05) is 7.05 Å². The van der Waals surface area contributed by atoms with Gasteiger partial charge in [0.25, 0.3) is 0 Å². The zero-order valence-electron chi connectivity index (χ0n) is 12.3. The molecule has 1 heterocycles. The summed E-state index contributed by atoms with van der Waals surface area (Å²) in [7, 11) is 1.96. The smallest absolute Gasteiger partial charge is 0.130 e. The third kappa shape index (κ3) is 3.36. The first-order chi connectivity index (χ1) is 9.65. The van der Waals surface area contributed by atoms with Crippen molar-refractivity contribution in [2.24, 2.45) is 5.92 Å². The number of piperidine rings is 1. The van der Waals surface area contributed by atoms with E-state index in [9.17, 15) is 8.78 Å². The molecule has 0 radical (unpaired) electrons. The molecule has 0 amide bonds. The van der Waals surface area contributed by atoms with Gasteiger partial charge in [0.1, 0.15) is 11.6 Å². The van der Waals surface area contributed by atoms with Gasteiger partial charge in [-0.3, -0.25) is 4.90 Å². The van der Waals surface area contributed by atoms with Crippen LogP contribution in [0.25, 0.3) is 0 Å². The number of benzene rings is 1. The Morgan fingerprint density at radius 1 is 1.30 bits per heavy atom. The van der Waals surface area contributed by atoms with E-state index in [2.05, 4.69) is 17.1 Å². The van der Waals surface area contributed by atoms with E-state index in [-0.39, 0.29) is 17.5 Å². The van der Waals surface area contributed by atoms with Crippen LogP contribution in [0.1, 0.15) is 37.8 Å². The first-order valence-corrected chi connectivity index (χ1v) is 7.50. The van der Waals surface area contributed by atoms with Gasteiger partial charge in [0.05, 0.1) is 0 Å². The summed E-state index contributed by atoms with van der Waals surface area (Å²) in [6, 6.07) is 3.98. The lowest BCUT2D eigenvalue weighted by Crippen LogP contribution is -2.41. The highest BCUT2D eigenvalue weighted by Crippen LogP contribution is 2.37. The van der Waals surface area contributed by atoms with Crippen LogP contribution in [0.4, 0.5) is 8.78 Å². The Morgan fingerprint density at radius 2 is 2.00 bits per heavy atom. The second-order valence-corrected chi connectivity index (χ2v) is 5.67. The van der Waals surface area contributed by atoms with Gasteiger partial charge >= 0.3 is 0 Å². The third-order valence-electron chi connectivity index (χ3n) is 4.14. The largest absolute Gasteiger partial charge is 0.316 e. The number of nitrogens with one attached hydrogen (secondary N) is 1. The van der Waals surface area contributed by atoms with Gasteiger partial charge in [-0.15, -0.1) is 0 Å². The summed E-state index contributed by atoms with van der Waals surface area (Å²) < 4.78 is 28.2. The van der Waals surface area contributed by atoms with E-state index in [0.29, 0.717) is 0 Å². The molecule has 1 aliphatic heterocycles. The SMILES string of the molecule is CCCNCC1CCCN(C)C1c1c(F)cccc1F. The van der Waals surface area contributed by atoms with E-state index in [1.165, 1.54) is 18.2 Å². The first-order valence-electron chi connectivity index (χ1n) is 7.50. The first kappa shape index (κ1) is 15.4. The number of hydrogen-bond donors (Lipinski definition) is 1. The third-order valence-corrected chi connectivity index (χ3v) is 4.14. The molecule has 1 fully saturated rings. The molecule has 1 aliphatic rings. The molecule has 1 aromatic carbocycles. The number of rotatable bonds is 5. The molecule has 0 spiro atoms. The molecule has 0 bridgehead atoms. The van der Waals surface area contributed by atoms with Crippen molar-refractivity contribution in [1.29, 1.82) is 0 Å². The molecule has 0 aliphatic carbocycles. The van der Waals surface area contributed by atoms with Crippen LogP contribution >= 0.6 is 0 Å². The Labute approximate surface area is 120 Å². The van der Waals surface area contributed by atoms with Crippen molar-refractivity contribution in [1.82, 2.24) is 10.2 Å². The molecule has 2 unspecified atom stereocenters. The van der Waals surface area contributed by atoms with Gasteiger partial charge in [-0.1, -0.05) is 13.0 Å². The second kappa shape index (κ2) is 7.14. The molecular weight excluding hydrogens is 258 g/mol. The van der Waals surface area contributed by atoms with Crippen molar-refractivity contribution in [2.75, 3.05) is 26.7 Å². The topological polar surface area (TPSA) is 15.3 Å². The molecular formula is C16H24F2N2. The quantitative estimate of drug-likeness (QED) is 0.833. The lowest BCUT2D eigenvalue weighted by Gasteiger charge is -2.40. The van der Waals surface area contributed by atoms with E-state index in [4.69, 9.17) is 0 Å². The number of hydrogen-bond acceptors (Lipinski definition) is 2. The highest BCUT2D eigenvalue weighted by atomic mass is 19.1. The maximum Gasteiger partial charge on any atom is 0.130 e. The lowest BCUT2D eigenvalue weighted by atomic mass is 9.84. The average Bonchev–Trinajstić information content (AvgIpc) is 2.41. The van der Waals surface area contributed by atoms with Crippen LogP contribution in [0.15, 0.2) is 18.2 Å². The van der Waals surface area contributed by atoms with Crippen molar-refractivity contribution in [3.05, 3.63) is 35.4 Å². The Morgan fingerprint density at radius 3 is 2.65 bits per heavy atom. The molecule has 1 aromatic rings. The van der Waals surface area contributed by atoms with Crippen molar-refractivity contribution >= 4 is 0 Å². The Bertz CT molecular complexity index is 416. The minimum Gasteiger partial charge on any atom is -0.316 e. The summed E-state index contributed by atoms with van der Waals surface area (Å²) in [4.78, 5) is 2.09. The Kier molecular flexibility index (Phi) is 5.49. The molecule has 2 rings (SSSR count). The minimum absolute atomic E-state index is 0.172. The highest BCUT2D eigenvalue weighted by Gasteiger charge is 2.33. The maximum absolute atomic E-state index is 14.1. The van der Waals surface area contributed by atoms with E-state index >= 15 is 0 Å². The van der Waals surface area contributed by atoms with Gasteiger partial charge in [0.2, 0.25) is 0 Å². The van der Waals surface area contributed by atoms with Crippen molar-refractivity contribution in [2.45, 2.75) is 32.2 Å². The fourth-order valence-electron chi connectivity index (χ4n) is 3.19. The van der Waals surface area contributed by atoms with Gasteiger partial charge in [0, 0.05) is 11.6 Å². The fourth-order valence-corrected chi connectivity index (χ4v) is 3.19. The Balaban J connectivity index is 2.23. The van der Waals surface area contributed by atoms with Crippen LogP contribution in [-0.2, 0) is 0 Å². The summed E-state index contributed by atoms with van der Waals surface area (Å²) in [5, 5.41) is 3.39. The Hall–Kier alpha value is -1.00. The summed E-state index contributed by atoms with van der Waals surface area (Å²) >= 11 is 0. The molecule has 4 heteroatoms. The molecule has 20 heavy (non-hydrogen) atoms. The van der Waals surface area contributed by atoms with Crippen LogP contribution in [0, 0.1) is 17.6 Å². The van der Waals surface area contributed by atoms with Gasteiger partial charge in [-0.2, -0.15) is 0 Å². The monoisotopic (exact) mass is 282 g/mol. The highest BCUT2D eigenvalue weighted by molar-refractivity contribution is 5.24. The predicted octanol–water partition coefficient (Wildman–Crippen LogP) is 3.35. The zero-order chi connectivity index (χ0) is 14.5. The van der Waals surface area contributed by atoms with Crippen LogP contribution in [0.5, 0.6) is 0 Å². The second-order valence-electron chi connectivity index (χ2n) is 5.67. The van der Waals surface area contributed by atoms with Crippen molar-refractivity contribution in [3.63, 3.8) is 0 Å². The zero-order valence-corrected chi connectivity index (χ0v) is 12.3. The van der Waals surface area contributed by atoms with Gasteiger partial charge in [0.15, 0.2) is 0 Å². The van der Waals surface area contributed by atoms with Gasteiger partial charge in [-0.05, 0) is 64.0 Å². The average molecular weight is 282 g/mol. The molecule has 2 nitrogen and oxygen atoms in total. The van der Waals surface area contributed by atoms with Crippen molar-refractivity contribution < 1.29 is 8.78 Å². The van der Waals surface area contributed by atoms with Crippen LogP contribution in [-0.4, -0.2) is 31.6 Å². The number of halogens is 2. The number of likely N-dealkylation sites (tertiary alicyclic amines) is 1. The molecule has 1 N–H and O–H groups in total. The molecule has 0 aromatic heterocycles. The molecule has 2 atom stereocenters.